The van der Waals surface area contributed by atoms with Crippen molar-refractivity contribution in [3.8, 4) is 0 Å². The van der Waals surface area contributed by atoms with Gasteiger partial charge in [0.2, 0.25) is 0 Å². The third kappa shape index (κ3) is 17.7. The number of ether oxygens (including phenoxy) is 1. The van der Waals surface area contributed by atoms with Gasteiger partial charge in [-0.05, 0) is 36.5 Å². The number of rotatable bonds is 22. The van der Waals surface area contributed by atoms with E-state index in [1.807, 2.05) is 0 Å². The molecule has 0 heterocycles. The molecule has 0 saturated heterocycles. The molecule has 4 N–H and O–H groups in total. The number of unbranched alkanes of at least 4 members (excludes halogenated alkanes) is 14. The van der Waals surface area contributed by atoms with Gasteiger partial charge >= 0.3 is 5.97 Å². The third-order valence-corrected chi connectivity index (χ3v) is 7.83. The van der Waals surface area contributed by atoms with Crippen molar-refractivity contribution in [2.24, 2.45) is 16.6 Å². The molecule has 5 heteroatoms. The fourth-order valence-electron chi connectivity index (χ4n) is 6.35. The van der Waals surface area contributed by atoms with Crippen LogP contribution in [0.5, 0.6) is 0 Å². The normalized spacial score (nSPS) is 22.4. The van der Waals surface area contributed by atoms with Gasteiger partial charge in [0.1, 0.15) is 12.7 Å². The van der Waals surface area contributed by atoms with Gasteiger partial charge in [0, 0.05) is 25.6 Å². The molecular weight excluding hydrogens is 448 g/mol. The number of hydrogen-bond donors (Lipinski definition) is 3. The summed E-state index contributed by atoms with van der Waals surface area (Å²) >= 11 is 0. The molecular formula is C31H62N2O3. The number of esters is 1. The number of nitrogens with two attached hydrogens (primary N) is 1. The molecule has 1 fully saturated rings. The van der Waals surface area contributed by atoms with E-state index in [0.717, 1.165) is 38.6 Å². The molecule has 1 aliphatic rings. The maximum Gasteiger partial charge on any atom is 0.305 e. The van der Waals surface area contributed by atoms with Crippen LogP contribution in [-0.4, -0.2) is 42.9 Å². The molecule has 5 nitrogen and oxygen atoms in total. The highest BCUT2D eigenvalue weighted by molar-refractivity contribution is 5.69. The first kappa shape index (κ1) is 33.4. The van der Waals surface area contributed by atoms with Crippen molar-refractivity contribution in [2.75, 3.05) is 19.7 Å². The standard InChI is InChI=1S/C31H62N2O3/c1-5-6-7-8-9-10-11-12-13-14-15-16-17-18-19-20-29(35)36-24-28(34)23-33-26-31(4)22-27(32)21-30(2,3)25-31/h27-28,33-34H,5-26,32H2,1-4H3. The minimum Gasteiger partial charge on any atom is -0.463 e. The van der Waals surface area contributed by atoms with E-state index >= 15 is 0 Å². The highest BCUT2D eigenvalue weighted by Crippen LogP contribution is 2.45. The Morgan fingerprint density at radius 1 is 0.889 bits per heavy atom. The summed E-state index contributed by atoms with van der Waals surface area (Å²) in [6.07, 6.45) is 22.7. The second-order valence-electron chi connectivity index (χ2n) is 13.0. The fraction of sp³-hybridized carbons (Fsp3) is 0.968. The predicted octanol–water partition coefficient (Wildman–Crippen LogP) is 7.29. The zero-order valence-electron chi connectivity index (χ0n) is 24.6. The Morgan fingerprint density at radius 2 is 1.39 bits per heavy atom. The topological polar surface area (TPSA) is 84.6 Å². The summed E-state index contributed by atoms with van der Waals surface area (Å²) in [4.78, 5) is 12.0. The van der Waals surface area contributed by atoms with Gasteiger partial charge in [0.25, 0.3) is 0 Å². The molecule has 3 unspecified atom stereocenters. The van der Waals surface area contributed by atoms with Crippen LogP contribution in [0.4, 0.5) is 0 Å². The zero-order valence-corrected chi connectivity index (χ0v) is 24.6. The summed E-state index contributed by atoms with van der Waals surface area (Å²) < 4.78 is 5.29. The lowest BCUT2D eigenvalue weighted by Gasteiger charge is -2.46. The first-order valence-electron chi connectivity index (χ1n) is 15.5. The maximum atomic E-state index is 12.0. The van der Waals surface area contributed by atoms with Crippen molar-refractivity contribution in [3.05, 3.63) is 0 Å². The van der Waals surface area contributed by atoms with Gasteiger partial charge in [0.15, 0.2) is 0 Å². The highest BCUT2D eigenvalue weighted by atomic mass is 16.5. The average Bonchev–Trinajstić information content (AvgIpc) is 2.78. The highest BCUT2D eigenvalue weighted by Gasteiger charge is 2.39. The molecule has 1 rings (SSSR count). The summed E-state index contributed by atoms with van der Waals surface area (Å²) in [6, 6.07) is 0.242. The average molecular weight is 511 g/mol. The minimum absolute atomic E-state index is 0.0757. The van der Waals surface area contributed by atoms with Crippen LogP contribution in [0.1, 0.15) is 150 Å². The molecule has 0 amide bonds. The van der Waals surface area contributed by atoms with Crippen LogP contribution in [0.25, 0.3) is 0 Å². The molecule has 0 aliphatic heterocycles. The van der Waals surface area contributed by atoms with Crippen LogP contribution in [0, 0.1) is 10.8 Å². The number of nitrogens with one attached hydrogen (secondary N) is 1. The molecule has 0 bridgehead atoms. The van der Waals surface area contributed by atoms with E-state index in [4.69, 9.17) is 10.5 Å². The van der Waals surface area contributed by atoms with Crippen molar-refractivity contribution in [1.29, 1.82) is 0 Å². The lowest BCUT2D eigenvalue weighted by atomic mass is 9.63. The molecule has 3 atom stereocenters. The van der Waals surface area contributed by atoms with Crippen LogP contribution in [-0.2, 0) is 9.53 Å². The van der Waals surface area contributed by atoms with Gasteiger partial charge in [-0.1, -0.05) is 118 Å². The van der Waals surface area contributed by atoms with Crippen molar-refractivity contribution in [2.45, 2.75) is 162 Å². The smallest absolute Gasteiger partial charge is 0.305 e. The molecule has 0 aromatic heterocycles. The minimum atomic E-state index is -0.663. The number of hydrogen-bond acceptors (Lipinski definition) is 5. The van der Waals surface area contributed by atoms with Crippen molar-refractivity contribution in [3.63, 3.8) is 0 Å². The molecule has 1 aliphatic carbocycles. The quantitative estimate of drug-likeness (QED) is 0.105. The Balaban J connectivity index is 1.91. The van der Waals surface area contributed by atoms with Crippen LogP contribution >= 0.6 is 0 Å². The van der Waals surface area contributed by atoms with Gasteiger partial charge in [-0.3, -0.25) is 4.79 Å². The van der Waals surface area contributed by atoms with E-state index < -0.39 is 6.10 Å². The summed E-state index contributed by atoms with van der Waals surface area (Å²) in [5, 5.41) is 13.6. The van der Waals surface area contributed by atoms with Gasteiger partial charge in [-0.2, -0.15) is 0 Å². The largest absolute Gasteiger partial charge is 0.463 e. The molecule has 0 spiro atoms. The van der Waals surface area contributed by atoms with Crippen LogP contribution < -0.4 is 11.1 Å². The second-order valence-corrected chi connectivity index (χ2v) is 13.0. The Kier molecular flexibility index (Phi) is 18.0. The predicted molar refractivity (Wildman–Crippen MR) is 153 cm³/mol. The van der Waals surface area contributed by atoms with E-state index in [-0.39, 0.29) is 29.4 Å². The summed E-state index contributed by atoms with van der Waals surface area (Å²) in [5.74, 6) is -0.185. The first-order chi connectivity index (χ1) is 17.2. The maximum absolute atomic E-state index is 12.0. The van der Waals surface area contributed by atoms with E-state index in [0.29, 0.717) is 13.0 Å². The Bertz CT molecular complexity index is 554. The third-order valence-electron chi connectivity index (χ3n) is 7.83. The van der Waals surface area contributed by atoms with E-state index in [1.54, 1.807) is 0 Å². The Labute approximate surface area is 224 Å². The summed E-state index contributed by atoms with van der Waals surface area (Å²) in [5.41, 5.74) is 6.68. The van der Waals surface area contributed by atoms with Crippen molar-refractivity contribution >= 4 is 5.97 Å². The van der Waals surface area contributed by atoms with Gasteiger partial charge < -0.3 is 20.9 Å². The summed E-state index contributed by atoms with van der Waals surface area (Å²) in [6.45, 7) is 10.5. The second kappa shape index (κ2) is 19.4. The molecule has 0 radical (unpaired) electrons. The van der Waals surface area contributed by atoms with Crippen LogP contribution in [0.15, 0.2) is 0 Å². The molecule has 0 aromatic rings. The van der Waals surface area contributed by atoms with Gasteiger partial charge in [-0.15, -0.1) is 0 Å². The molecule has 214 valence electrons. The van der Waals surface area contributed by atoms with Crippen molar-refractivity contribution < 1.29 is 14.6 Å². The Morgan fingerprint density at radius 3 is 1.89 bits per heavy atom. The van der Waals surface area contributed by atoms with E-state index in [1.165, 1.54) is 83.5 Å². The lowest BCUT2D eigenvalue weighted by molar-refractivity contribution is -0.146. The first-order valence-corrected chi connectivity index (χ1v) is 15.5. The van der Waals surface area contributed by atoms with Gasteiger partial charge in [-0.25, -0.2) is 0 Å². The van der Waals surface area contributed by atoms with E-state index in [9.17, 15) is 9.90 Å². The SMILES string of the molecule is CCCCCCCCCCCCCCCCCC(=O)OCC(O)CNCC1(C)CC(N)CC(C)(C)C1. The van der Waals surface area contributed by atoms with Crippen LogP contribution in [0.3, 0.4) is 0 Å². The fourth-order valence-corrected chi connectivity index (χ4v) is 6.35. The molecule has 1 saturated carbocycles. The number of carbonyl (C=O) groups excluding carboxylic acids is 1. The van der Waals surface area contributed by atoms with E-state index in [2.05, 4.69) is 33.0 Å². The number of aliphatic hydroxyl groups excluding tert-OH is 1. The molecule has 0 aromatic carbocycles. The van der Waals surface area contributed by atoms with Gasteiger partial charge in [0.05, 0.1) is 0 Å². The lowest BCUT2D eigenvalue weighted by Crippen LogP contribution is -2.47. The Hall–Kier alpha value is -0.650. The molecule has 36 heavy (non-hydrogen) atoms. The zero-order chi connectivity index (χ0) is 26.7. The number of carbonyl (C=O) groups is 1. The summed E-state index contributed by atoms with van der Waals surface area (Å²) in [7, 11) is 0. The number of aliphatic hydroxyl groups is 1. The van der Waals surface area contributed by atoms with Crippen molar-refractivity contribution in [1.82, 2.24) is 5.32 Å². The van der Waals surface area contributed by atoms with Crippen LogP contribution in [0.2, 0.25) is 0 Å². The monoisotopic (exact) mass is 510 g/mol.